The summed E-state index contributed by atoms with van der Waals surface area (Å²) in [6, 6.07) is 2.36. The molecule has 1 saturated heterocycles. The molecule has 0 aliphatic carbocycles. The van der Waals surface area contributed by atoms with Crippen LogP contribution in [0.1, 0.15) is 25.8 Å². The topological polar surface area (TPSA) is 58.6 Å². The van der Waals surface area contributed by atoms with E-state index < -0.39 is 12.1 Å². The molecule has 2 rings (SSSR count). The predicted octanol–water partition coefficient (Wildman–Crippen LogP) is 2.29. The fourth-order valence-corrected chi connectivity index (χ4v) is 2.66. The van der Waals surface area contributed by atoms with E-state index in [1.54, 1.807) is 19.1 Å². The van der Waals surface area contributed by atoms with Crippen molar-refractivity contribution in [3.63, 3.8) is 0 Å². The van der Waals surface area contributed by atoms with Crippen LogP contribution in [0.5, 0.6) is 5.75 Å². The van der Waals surface area contributed by atoms with Gasteiger partial charge in [0.1, 0.15) is 17.8 Å². The number of piperazine rings is 1. The highest BCUT2D eigenvalue weighted by Gasteiger charge is 2.39. The summed E-state index contributed by atoms with van der Waals surface area (Å²) >= 11 is 6.10. The first-order valence-electron chi connectivity index (χ1n) is 6.88. The number of carbonyl (C=O) groups is 2. The Hall–Kier alpha value is -1.75. The molecule has 1 aromatic rings. The van der Waals surface area contributed by atoms with Crippen LogP contribution in [0, 0.1) is 6.92 Å². The number of carbonyl (C=O) groups excluding carboxylic acids is 2. The maximum atomic E-state index is 12.5. The fourth-order valence-electron chi connectivity index (χ4n) is 2.51. The van der Waals surface area contributed by atoms with E-state index in [0.717, 1.165) is 5.56 Å². The molecule has 1 aliphatic rings. The first kappa shape index (κ1) is 15.6. The lowest BCUT2D eigenvalue weighted by Crippen LogP contribution is -2.62. The van der Waals surface area contributed by atoms with Crippen LogP contribution >= 0.6 is 11.6 Å². The highest BCUT2D eigenvalue weighted by atomic mass is 35.5. The average Bonchev–Trinajstić information content (AvgIpc) is 2.45. The lowest BCUT2D eigenvalue weighted by Gasteiger charge is -2.38. The number of anilines is 1. The van der Waals surface area contributed by atoms with E-state index in [4.69, 9.17) is 16.3 Å². The van der Waals surface area contributed by atoms with Crippen molar-refractivity contribution in [1.82, 2.24) is 5.32 Å². The second kappa shape index (κ2) is 5.93. The smallest absolute Gasteiger partial charge is 0.250 e. The molecular formula is C15H19ClN2O3. The summed E-state index contributed by atoms with van der Waals surface area (Å²) in [5, 5.41) is 3.26. The van der Waals surface area contributed by atoms with Crippen LogP contribution in [-0.2, 0) is 9.59 Å². The van der Waals surface area contributed by atoms with Gasteiger partial charge in [0.15, 0.2) is 0 Å². The van der Waals surface area contributed by atoms with E-state index in [2.05, 4.69) is 5.32 Å². The van der Waals surface area contributed by atoms with Gasteiger partial charge >= 0.3 is 0 Å². The number of benzene rings is 1. The van der Waals surface area contributed by atoms with Crippen molar-refractivity contribution in [1.29, 1.82) is 0 Å². The minimum Gasteiger partial charge on any atom is -0.495 e. The van der Waals surface area contributed by atoms with E-state index in [9.17, 15) is 9.59 Å². The second-order valence-corrected chi connectivity index (χ2v) is 5.54. The van der Waals surface area contributed by atoms with Crippen molar-refractivity contribution in [2.45, 2.75) is 39.3 Å². The van der Waals surface area contributed by atoms with Crippen molar-refractivity contribution in [2.75, 3.05) is 12.0 Å². The maximum absolute atomic E-state index is 12.5. The van der Waals surface area contributed by atoms with Crippen molar-refractivity contribution in [3.8, 4) is 5.75 Å². The molecule has 2 unspecified atom stereocenters. The van der Waals surface area contributed by atoms with Crippen LogP contribution in [0.4, 0.5) is 5.69 Å². The largest absolute Gasteiger partial charge is 0.495 e. The van der Waals surface area contributed by atoms with Crippen LogP contribution in [0.25, 0.3) is 0 Å². The number of aryl methyl sites for hydroxylation is 1. The Bertz CT molecular complexity index is 589. The van der Waals surface area contributed by atoms with Crippen molar-refractivity contribution in [2.24, 2.45) is 0 Å². The number of hydrogen-bond donors (Lipinski definition) is 1. The molecule has 2 amide bonds. The zero-order valence-electron chi connectivity index (χ0n) is 12.6. The van der Waals surface area contributed by atoms with Crippen molar-refractivity contribution < 1.29 is 14.3 Å². The van der Waals surface area contributed by atoms with Gasteiger partial charge in [-0.2, -0.15) is 0 Å². The lowest BCUT2D eigenvalue weighted by atomic mass is 10.0. The molecule has 1 aliphatic heterocycles. The molecule has 0 radical (unpaired) electrons. The van der Waals surface area contributed by atoms with Gasteiger partial charge in [0.2, 0.25) is 11.8 Å². The summed E-state index contributed by atoms with van der Waals surface area (Å²) in [6.07, 6.45) is 0.523. The molecule has 21 heavy (non-hydrogen) atoms. The van der Waals surface area contributed by atoms with Gasteiger partial charge in [0.25, 0.3) is 0 Å². The molecular weight excluding hydrogens is 292 g/mol. The molecule has 0 spiro atoms. The molecule has 1 fully saturated rings. The molecule has 1 N–H and O–H groups in total. The van der Waals surface area contributed by atoms with Gasteiger partial charge in [-0.05, 0) is 31.9 Å². The molecule has 114 valence electrons. The number of rotatable bonds is 3. The molecule has 6 heteroatoms. The SMILES string of the molecule is CCC1C(=O)NC(C)C(=O)N1c1cc(C)c(Cl)cc1OC. The van der Waals surface area contributed by atoms with Gasteiger partial charge in [0.05, 0.1) is 12.8 Å². The number of amides is 2. The van der Waals surface area contributed by atoms with Gasteiger partial charge in [0, 0.05) is 11.1 Å². The van der Waals surface area contributed by atoms with Crippen LogP contribution in [0.3, 0.4) is 0 Å². The Morgan fingerprint density at radius 1 is 1.38 bits per heavy atom. The standard InChI is InChI=1S/C15H19ClN2O3/c1-5-11-14(19)17-9(3)15(20)18(11)12-6-8(2)10(16)7-13(12)21-4/h6-7,9,11H,5H2,1-4H3,(H,17,19). The second-order valence-electron chi connectivity index (χ2n) is 5.14. The molecule has 1 aromatic carbocycles. The van der Waals surface area contributed by atoms with Gasteiger partial charge in [-0.25, -0.2) is 0 Å². The number of nitrogens with zero attached hydrogens (tertiary/aromatic N) is 1. The summed E-state index contributed by atoms with van der Waals surface area (Å²) in [7, 11) is 1.52. The van der Waals surface area contributed by atoms with Gasteiger partial charge in [-0.1, -0.05) is 18.5 Å². The third kappa shape index (κ3) is 2.70. The number of methoxy groups -OCH3 is 1. The summed E-state index contributed by atoms with van der Waals surface area (Å²) in [5.74, 6) is 0.181. The quantitative estimate of drug-likeness (QED) is 0.932. The van der Waals surface area contributed by atoms with Crippen molar-refractivity contribution >= 4 is 29.1 Å². The molecule has 0 bridgehead atoms. The Morgan fingerprint density at radius 2 is 2.05 bits per heavy atom. The van der Waals surface area contributed by atoms with E-state index in [1.807, 2.05) is 13.8 Å². The van der Waals surface area contributed by atoms with E-state index >= 15 is 0 Å². The van der Waals surface area contributed by atoms with Gasteiger partial charge < -0.3 is 10.1 Å². The maximum Gasteiger partial charge on any atom is 0.250 e. The van der Waals surface area contributed by atoms with E-state index in [1.165, 1.54) is 12.0 Å². The van der Waals surface area contributed by atoms with Crippen molar-refractivity contribution in [3.05, 3.63) is 22.7 Å². The first-order valence-corrected chi connectivity index (χ1v) is 7.26. The fraction of sp³-hybridized carbons (Fsp3) is 0.467. The Balaban J connectivity index is 2.58. The molecule has 0 aromatic heterocycles. The van der Waals surface area contributed by atoms with E-state index in [0.29, 0.717) is 22.9 Å². The first-order chi connectivity index (χ1) is 9.90. The Labute approximate surface area is 129 Å². The summed E-state index contributed by atoms with van der Waals surface area (Å²) in [5.41, 5.74) is 1.41. The number of hydrogen-bond acceptors (Lipinski definition) is 3. The molecule has 0 saturated carbocycles. The predicted molar refractivity (Wildman–Crippen MR) is 81.9 cm³/mol. The normalized spacial score (nSPS) is 22.2. The highest BCUT2D eigenvalue weighted by molar-refractivity contribution is 6.31. The molecule has 5 nitrogen and oxygen atoms in total. The monoisotopic (exact) mass is 310 g/mol. The Kier molecular flexibility index (Phi) is 4.42. The number of ether oxygens (including phenoxy) is 1. The summed E-state index contributed by atoms with van der Waals surface area (Å²) in [4.78, 5) is 26.2. The number of nitrogens with one attached hydrogen (secondary N) is 1. The zero-order chi connectivity index (χ0) is 15.7. The van der Waals surface area contributed by atoms with Crippen LogP contribution < -0.4 is 15.0 Å². The van der Waals surface area contributed by atoms with Crippen LogP contribution in [-0.4, -0.2) is 31.0 Å². The third-order valence-electron chi connectivity index (χ3n) is 3.69. The average molecular weight is 311 g/mol. The van der Waals surface area contributed by atoms with Gasteiger partial charge in [-0.15, -0.1) is 0 Å². The van der Waals surface area contributed by atoms with E-state index in [-0.39, 0.29) is 11.8 Å². The minimum atomic E-state index is -0.555. The third-order valence-corrected chi connectivity index (χ3v) is 4.09. The number of halogens is 1. The van der Waals surface area contributed by atoms with Crippen LogP contribution in [0.2, 0.25) is 5.02 Å². The Morgan fingerprint density at radius 3 is 2.62 bits per heavy atom. The van der Waals surface area contributed by atoms with Gasteiger partial charge in [-0.3, -0.25) is 14.5 Å². The lowest BCUT2D eigenvalue weighted by molar-refractivity contribution is -0.133. The molecule has 2 atom stereocenters. The summed E-state index contributed by atoms with van der Waals surface area (Å²) < 4.78 is 5.34. The summed E-state index contributed by atoms with van der Waals surface area (Å²) in [6.45, 7) is 5.40. The molecule has 1 heterocycles. The van der Waals surface area contributed by atoms with Crippen LogP contribution in [0.15, 0.2) is 12.1 Å². The zero-order valence-corrected chi connectivity index (χ0v) is 13.3. The highest BCUT2D eigenvalue weighted by Crippen LogP contribution is 2.36. The minimum absolute atomic E-state index is 0.151.